The van der Waals surface area contributed by atoms with E-state index < -0.39 is 5.60 Å². The van der Waals surface area contributed by atoms with E-state index in [4.69, 9.17) is 4.74 Å². The lowest BCUT2D eigenvalue weighted by Gasteiger charge is -2.36. The molecule has 1 N–H and O–H groups in total. The van der Waals surface area contributed by atoms with Gasteiger partial charge in [-0.25, -0.2) is 9.78 Å². The van der Waals surface area contributed by atoms with Crippen molar-refractivity contribution in [1.82, 2.24) is 9.88 Å². The van der Waals surface area contributed by atoms with E-state index >= 15 is 0 Å². The second-order valence-electron chi connectivity index (χ2n) is 7.58. The monoisotopic (exact) mass is 317 g/mol. The van der Waals surface area contributed by atoms with E-state index in [1.54, 1.807) is 0 Å². The minimum atomic E-state index is -0.463. The Bertz CT molecular complexity index is 546. The van der Waals surface area contributed by atoms with Crippen LogP contribution in [0, 0.1) is 0 Å². The Morgan fingerprint density at radius 1 is 1.26 bits per heavy atom. The average Bonchev–Trinajstić information content (AvgIpc) is 3.30. The topological polar surface area (TPSA) is 54.5 Å². The number of hydrogen-bond acceptors (Lipinski definition) is 4. The van der Waals surface area contributed by atoms with Gasteiger partial charge in [0.2, 0.25) is 0 Å². The fourth-order valence-corrected chi connectivity index (χ4v) is 2.94. The van der Waals surface area contributed by atoms with Gasteiger partial charge < -0.3 is 15.0 Å². The highest BCUT2D eigenvalue weighted by Crippen LogP contribution is 2.32. The summed E-state index contributed by atoms with van der Waals surface area (Å²) >= 11 is 0. The fraction of sp³-hybridized carbons (Fsp3) is 0.667. The summed E-state index contributed by atoms with van der Waals surface area (Å²) in [6.45, 7) is 6.47. The van der Waals surface area contributed by atoms with Crippen LogP contribution in [0.5, 0.6) is 0 Å². The van der Waals surface area contributed by atoms with Crippen molar-refractivity contribution in [2.45, 2.75) is 70.6 Å². The SMILES string of the molecule is CC(C)(C)OC(=O)N1CCCC[C@@H]1c1ccc(NC2CC2)nc1. The molecule has 0 bridgehead atoms. The van der Waals surface area contributed by atoms with Gasteiger partial charge in [-0.15, -0.1) is 0 Å². The molecule has 1 saturated heterocycles. The van der Waals surface area contributed by atoms with Crippen molar-refractivity contribution in [2.75, 3.05) is 11.9 Å². The molecule has 1 aliphatic heterocycles. The quantitative estimate of drug-likeness (QED) is 0.911. The van der Waals surface area contributed by atoms with Crippen LogP contribution in [0.4, 0.5) is 10.6 Å². The first-order chi connectivity index (χ1) is 10.9. The number of ether oxygens (including phenoxy) is 1. The second-order valence-corrected chi connectivity index (χ2v) is 7.58. The number of carbonyl (C=O) groups is 1. The summed E-state index contributed by atoms with van der Waals surface area (Å²) in [5.74, 6) is 0.927. The third-order valence-electron chi connectivity index (χ3n) is 4.23. The summed E-state index contributed by atoms with van der Waals surface area (Å²) in [5.41, 5.74) is 0.631. The number of piperidine rings is 1. The molecule has 0 unspecified atom stereocenters. The summed E-state index contributed by atoms with van der Waals surface area (Å²) in [6, 6.07) is 4.78. The Morgan fingerprint density at radius 3 is 2.65 bits per heavy atom. The van der Waals surface area contributed by atoms with Gasteiger partial charge >= 0.3 is 6.09 Å². The number of rotatable bonds is 3. The van der Waals surface area contributed by atoms with Gasteiger partial charge in [0.05, 0.1) is 6.04 Å². The summed E-state index contributed by atoms with van der Waals surface area (Å²) in [7, 11) is 0. The van der Waals surface area contributed by atoms with E-state index in [9.17, 15) is 4.79 Å². The van der Waals surface area contributed by atoms with Gasteiger partial charge in [0.15, 0.2) is 0 Å². The van der Waals surface area contributed by atoms with Crippen LogP contribution in [-0.4, -0.2) is 34.2 Å². The molecule has 1 amide bonds. The van der Waals surface area contributed by atoms with E-state index in [2.05, 4.69) is 16.4 Å². The normalized spacial score (nSPS) is 21.9. The van der Waals surface area contributed by atoms with Crippen molar-refractivity contribution >= 4 is 11.9 Å². The highest BCUT2D eigenvalue weighted by Gasteiger charge is 2.31. The smallest absolute Gasteiger partial charge is 0.410 e. The van der Waals surface area contributed by atoms with Crippen LogP contribution in [-0.2, 0) is 4.74 Å². The molecule has 1 aromatic rings. The van der Waals surface area contributed by atoms with Gasteiger partial charge in [0, 0.05) is 18.8 Å². The Morgan fingerprint density at radius 2 is 2.04 bits per heavy atom. The zero-order valence-electron chi connectivity index (χ0n) is 14.3. The van der Waals surface area contributed by atoms with Crippen molar-refractivity contribution in [1.29, 1.82) is 0 Å². The summed E-state index contributed by atoms with van der Waals surface area (Å²) < 4.78 is 5.57. The summed E-state index contributed by atoms with van der Waals surface area (Å²) in [6.07, 6.45) is 7.28. The number of anilines is 1. The fourth-order valence-electron chi connectivity index (χ4n) is 2.94. The van der Waals surface area contributed by atoms with Crippen LogP contribution in [0.2, 0.25) is 0 Å². The second kappa shape index (κ2) is 6.38. The summed E-state index contributed by atoms with van der Waals surface area (Å²) in [4.78, 5) is 18.9. The number of carbonyl (C=O) groups excluding carboxylic acids is 1. The zero-order valence-corrected chi connectivity index (χ0v) is 14.3. The molecule has 0 spiro atoms. The molecule has 1 aliphatic carbocycles. The van der Waals surface area contributed by atoms with Crippen molar-refractivity contribution in [3.63, 3.8) is 0 Å². The molecule has 2 fully saturated rings. The highest BCUT2D eigenvalue weighted by molar-refractivity contribution is 5.69. The van der Waals surface area contributed by atoms with E-state index in [1.165, 1.54) is 12.8 Å². The van der Waals surface area contributed by atoms with Crippen LogP contribution in [0.3, 0.4) is 0 Å². The maximum Gasteiger partial charge on any atom is 0.410 e. The van der Waals surface area contributed by atoms with Gasteiger partial charge in [-0.1, -0.05) is 6.07 Å². The van der Waals surface area contributed by atoms with Crippen molar-refractivity contribution < 1.29 is 9.53 Å². The predicted octanol–water partition coefficient (Wildman–Crippen LogP) is 4.12. The number of pyridine rings is 1. The van der Waals surface area contributed by atoms with Crippen molar-refractivity contribution in [3.05, 3.63) is 23.9 Å². The lowest BCUT2D eigenvalue weighted by Crippen LogP contribution is -2.41. The van der Waals surface area contributed by atoms with Crippen LogP contribution in [0.15, 0.2) is 18.3 Å². The van der Waals surface area contributed by atoms with Crippen LogP contribution >= 0.6 is 0 Å². The Balaban J connectivity index is 1.71. The summed E-state index contributed by atoms with van der Waals surface area (Å²) in [5, 5.41) is 3.39. The minimum absolute atomic E-state index is 0.0704. The van der Waals surface area contributed by atoms with E-state index in [0.717, 1.165) is 37.2 Å². The van der Waals surface area contributed by atoms with E-state index in [-0.39, 0.29) is 12.1 Å². The minimum Gasteiger partial charge on any atom is -0.444 e. The molecule has 126 valence electrons. The number of likely N-dealkylation sites (tertiary alicyclic amines) is 1. The number of nitrogens with zero attached hydrogens (tertiary/aromatic N) is 2. The Kier molecular flexibility index (Phi) is 4.46. The highest BCUT2D eigenvalue weighted by atomic mass is 16.6. The van der Waals surface area contributed by atoms with Gasteiger partial charge in [-0.05, 0) is 64.5 Å². The van der Waals surface area contributed by atoms with Gasteiger partial charge in [0.1, 0.15) is 11.4 Å². The molecule has 1 aromatic heterocycles. The maximum atomic E-state index is 12.5. The van der Waals surface area contributed by atoms with Crippen LogP contribution in [0.25, 0.3) is 0 Å². The number of hydrogen-bond donors (Lipinski definition) is 1. The first-order valence-electron chi connectivity index (χ1n) is 8.64. The molecular formula is C18H27N3O2. The molecule has 3 rings (SSSR count). The van der Waals surface area contributed by atoms with Crippen LogP contribution < -0.4 is 5.32 Å². The molecule has 0 aromatic carbocycles. The van der Waals surface area contributed by atoms with Crippen molar-refractivity contribution in [3.8, 4) is 0 Å². The maximum absolute atomic E-state index is 12.5. The van der Waals surface area contributed by atoms with Crippen LogP contribution in [0.1, 0.15) is 64.5 Å². The van der Waals surface area contributed by atoms with Gasteiger partial charge in [-0.3, -0.25) is 0 Å². The largest absolute Gasteiger partial charge is 0.444 e. The molecule has 1 atom stereocenters. The average molecular weight is 317 g/mol. The number of amides is 1. The number of aromatic nitrogens is 1. The lowest BCUT2D eigenvalue weighted by molar-refractivity contribution is 0.00948. The van der Waals surface area contributed by atoms with Gasteiger partial charge in [0.25, 0.3) is 0 Å². The first-order valence-corrected chi connectivity index (χ1v) is 8.64. The molecule has 5 heteroatoms. The van der Waals surface area contributed by atoms with Crippen molar-refractivity contribution in [2.24, 2.45) is 0 Å². The Hall–Kier alpha value is -1.78. The molecule has 2 heterocycles. The zero-order chi connectivity index (χ0) is 16.4. The lowest BCUT2D eigenvalue weighted by atomic mass is 9.97. The molecule has 0 radical (unpaired) electrons. The Labute approximate surface area is 138 Å². The molecular weight excluding hydrogens is 290 g/mol. The molecule has 5 nitrogen and oxygen atoms in total. The third kappa shape index (κ3) is 4.36. The molecule has 1 saturated carbocycles. The van der Waals surface area contributed by atoms with Gasteiger partial charge in [-0.2, -0.15) is 0 Å². The van der Waals surface area contributed by atoms with E-state index in [0.29, 0.717) is 6.04 Å². The van der Waals surface area contributed by atoms with E-state index in [1.807, 2.05) is 37.9 Å². The standard InChI is InChI=1S/C18H27N3O2/c1-18(2,3)23-17(22)21-11-5-4-6-15(21)13-7-10-16(19-12-13)20-14-8-9-14/h7,10,12,14-15H,4-6,8-9,11H2,1-3H3,(H,19,20)/t15-/m1/s1. The first kappa shape index (κ1) is 16.1. The number of nitrogens with one attached hydrogen (secondary N) is 1. The molecule has 23 heavy (non-hydrogen) atoms. The molecule has 2 aliphatic rings. The predicted molar refractivity (Wildman–Crippen MR) is 90.4 cm³/mol. The third-order valence-corrected chi connectivity index (χ3v) is 4.23.